The fraction of sp³-hybridized carbons (Fsp3) is 0.471. The normalized spacial score (nSPS) is 13.1. The second-order valence-electron chi connectivity index (χ2n) is 6.37. The van der Waals surface area contributed by atoms with E-state index in [9.17, 15) is 9.90 Å². The first-order valence-electron chi connectivity index (χ1n) is 7.47. The summed E-state index contributed by atoms with van der Waals surface area (Å²) in [4.78, 5) is 11.5. The van der Waals surface area contributed by atoms with Crippen LogP contribution in [0.15, 0.2) is 33.5 Å². The molecule has 0 radical (unpaired) electrons. The number of β-amino-alcohol motifs (C(OH)–C–C–N with tert-alkyl or cyclic N) is 1. The molecule has 2 rings (SSSR count). The fourth-order valence-electron chi connectivity index (χ4n) is 2.05. The van der Waals surface area contributed by atoms with Crippen LogP contribution in [0.5, 0.6) is 11.5 Å². The number of hydrogen-bond acceptors (Lipinski definition) is 6. The van der Waals surface area contributed by atoms with Gasteiger partial charge in [-0.1, -0.05) is 0 Å². The van der Waals surface area contributed by atoms with Gasteiger partial charge >= 0.3 is 5.63 Å². The lowest BCUT2D eigenvalue weighted by Gasteiger charge is -2.23. The third-order valence-corrected chi connectivity index (χ3v) is 3.22. The molecular formula is C17H23NO5. The molecule has 1 aromatic carbocycles. The van der Waals surface area contributed by atoms with E-state index in [1.54, 1.807) is 18.2 Å². The van der Waals surface area contributed by atoms with Crippen molar-refractivity contribution in [1.29, 1.82) is 0 Å². The summed E-state index contributed by atoms with van der Waals surface area (Å²) in [5, 5.41) is 14.0. The molecule has 0 amide bonds. The van der Waals surface area contributed by atoms with Crippen LogP contribution in [0.4, 0.5) is 0 Å². The van der Waals surface area contributed by atoms with Crippen LogP contribution in [0.2, 0.25) is 0 Å². The van der Waals surface area contributed by atoms with Crippen LogP contribution in [-0.4, -0.2) is 37.0 Å². The van der Waals surface area contributed by atoms with Crippen molar-refractivity contribution in [1.82, 2.24) is 5.32 Å². The Morgan fingerprint density at radius 2 is 1.96 bits per heavy atom. The zero-order chi connectivity index (χ0) is 17.0. The van der Waals surface area contributed by atoms with Crippen molar-refractivity contribution in [2.75, 3.05) is 20.3 Å². The quantitative estimate of drug-likeness (QED) is 0.791. The minimum Gasteiger partial charge on any atom is -0.493 e. The van der Waals surface area contributed by atoms with Crippen molar-refractivity contribution in [3.05, 3.63) is 34.7 Å². The number of fused-ring (bicyclic) bond motifs is 1. The van der Waals surface area contributed by atoms with Crippen LogP contribution in [0.1, 0.15) is 20.8 Å². The lowest BCUT2D eigenvalue weighted by Crippen LogP contribution is -2.42. The second kappa shape index (κ2) is 7.02. The van der Waals surface area contributed by atoms with Crippen LogP contribution >= 0.6 is 0 Å². The zero-order valence-electron chi connectivity index (χ0n) is 13.9. The van der Waals surface area contributed by atoms with Gasteiger partial charge in [0.15, 0.2) is 11.3 Å². The van der Waals surface area contributed by atoms with Crippen LogP contribution < -0.4 is 20.4 Å². The van der Waals surface area contributed by atoms with E-state index in [-0.39, 0.29) is 12.1 Å². The molecule has 1 heterocycles. The fourth-order valence-corrected chi connectivity index (χ4v) is 2.05. The predicted octanol–water partition coefficient (Wildman–Crippen LogP) is 1.93. The highest BCUT2D eigenvalue weighted by Gasteiger charge is 2.16. The van der Waals surface area contributed by atoms with E-state index >= 15 is 0 Å². The molecule has 0 aliphatic rings. The lowest BCUT2D eigenvalue weighted by molar-refractivity contribution is 0.0986. The summed E-state index contributed by atoms with van der Waals surface area (Å²) in [6.07, 6.45) is -0.704. The molecule has 0 fully saturated rings. The number of aliphatic hydroxyl groups is 1. The maximum absolute atomic E-state index is 11.5. The van der Waals surface area contributed by atoms with E-state index in [0.717, 1.165) is 5.39 Å². The molecule has 0 aliphatic heterocycles. The number of rotatable bonds is 6. The molecule has 23 heavy (non-hydrogen) atoms. The third-order valence-electron chi connectivity index (χ3n) is 3.22. The Morgan fingerprint density at radius 1 is 1.26 bits per heavy atom. The van der Waals surface area contributed by atoms with Crippen molar-refractivity contribution in [3.8, 4) is 11.5 Å². The number of methoxy groups -OCH3 is 1. The molecule has 1 unspecified atom stereocenters. The van der Waals surface area contributed by atoms with E-state index in [4.69, 9.17) is 13.9 Å². The van der Waals surface area contributed by atoms with Crippen LogP contribution in [0.3, 0.4) is 0 Å². The summed E-state index contributed by atoms with van der Waals surface area (Å²) in [6.45, 7) is 6.49. The highest BCUT2D eigenvalue weighted by molar-refractivity contribution is 5.85. The van der Waals surface area contributed by atoms with Gasteiger partial charge in [-0.25, -0.2) is 4.79 Å². The number of nitrogens with one attached hydrogen (secondary N) is 1. The SMILES string of the molecule is COc1ccc2ccc(=O)oc2c1OCC(O)CNC(C)(C)C. The summed E-state index contributed by atoms with van der Waals surface area (Å²) in [6, 6.07) is 6.52. The summed E-state index contributed by atoms with van der Waals surface area (Å²) in [5.41, 5.74) is -0.247. The largest absolute Gasteiger partial charge is 0.493 e. The summed E-state index contributed by atoms with van der Waals surface area (Å²) in [5.74, 6) is 0.764. The Bertz CT molecular complexity index is 717. The van der Waals surface area contributed by atoms with Gasteiger partial charge in [0, 0.05) is 23.5 Å². The molecule has 0 saturated heterocycles. The topological polar surface area (TPSA) is 80.9 Å². The maximum atomic E-state index is 11.5. The Kier molecular flexibility index (Phi) is 5.28. The summed E-state index contributed by atoms with van der Waals surface area (Å²) in [7, 11) is 1.51. The van der Waals surface area contributed by atoms with Gasteiger partial charge in [0.05, 0.1) is 7.11 Å². The molecule has 2 aromatic rings. The standard InChI is InChI=1S/C17H23NO5/c1-17(2,3)18-9-12(19)10-22-16-13(21-4)7-5-11-6-8-14(20)23-15(11)16/h5-8,12,18-19H,9-10H2,1-4H3. The van der Waals surface area contributed by atoms with Gasteiger partial charge in [0.1, 0.15) is 12.7 Å². The van der Waals surface area contributed by atoms with E-state index in [1.807, 2.05) is 20.8 Å². The van der Waals surface area contributed by atoms with Crippen LogP contribution in [0, 0.1) is 0 Å². The van der Waals surface area contributed by atoms with Crippen LogP contribution in [0.25, 0.3) is 11.0 Å². The van der Waals surface area contributed by atoms with Gasteiger partial charge < -0.3 is 24.3 Å². The molecule has 1 atom stereocenters. The highest BCUT2D eigenvalue weighted by Crippen LogP contribution is 2.34. The van der Waals surface area contributed by atoms with E-state index < -0.39 is 11.7 Å². The van der Waals surface area contributed by atoms with Crippen molar-refractivity contribution in [2.24, 2.45) is 0 Å². The number of hydrogen-bond donors (Lipinski definition) is 2. The Labute approximate surface area is 135 Å². The smallest absolute Gasteiger partial charge is 0.336 e. The first-order valence-corrected chi connectivity index (χ1v) is 7.47. The molecule has 0 bridgehead atoms. The van der Waals surface area contributed by atoms with Crippen LogP contribution in [-0.2, 0) is 0 Å². The molecule has 126 valence electrons. The first kappa shape index (κ1) is 17.3. The van der Waals surface area contributed by atoms with E-state index in [2.05, 4.69) is 5.32 Å². The summed E-state index contributed by atoms with van der Waals surface area (Å²) >= 11 is 0. The van der Waals surface area contributed by atoms with Gasteiger partial charge in [-0.05, 0) is 39.0 Å². The van der Waals surface area contributed by atoms with Gasteiger partial charge in [-0.15, -0.1) is 0 Å². The molecule has 0 spiro atoms. The second-order valence-corrected chi connectivity index (χ2v) is 6.37. The third kappa shape index (κ3) is 4.71. The Balaban J connectivity index is 2.18. The molecule has 0 saturated carbocycles. The highest BCUT2D eigenvalue weighted by atomic mass is 16.5. The number of benzene rings is 1. The van der Waals surface area contributed by atoms with Gasteiger partial charge in [-0.2, -0.15) is 0 Å². The van der Waals surface area contributed by atoms with Crippen molar-refractivity contribution in [3.63, 3.8) is 0 Å². The van der Waals surface area contributed by atoms with Gasteiger partial charge in [0.25, 0.3) is 0 Å². The maximum Gasteiger partial charge on any atom is 0.336 e. The number of ether oxygens (including phenoxy) is 2. The molecular weight excluding hydrogens is 298 g/mol. The predicted molar refractivity (Wildman–Crippen MR) is 88.3 cm³/mol. The minimum absolute atomic E-state index is 0.0527. The Hall–Kier alpha value is -2.05. The van der Waals surface area contributed by atoms with Gasteiger partial charge in [0.2, 0.25) is 5.75 Å². The van der Waals surface area contributed by atoms with E-state index in [0.29, 0.717) is 23.6 Å². The average Bonchev–Trinajstić information content (AvgIpc) is 2.49. The van der Waals surface area contributed by atoms with Crippen molar-refractivity contribution >= 4 is 11.0 Å². The van der Waals surface area contributed by atoms with Crippen molar-refractivity contribution in [2.45, 2.75) is 32.4 Å². The molecule has 6 heteroatoms. The molecule has 1 aromatic heterocycles. The van der Waals surface area contributed by atoms with Gasteiger partial charge in [-0.3, -0.25) is 0 Å². The molecule has 2 N–H and O–H groups in total. The molecule has 0 aliphatic carbocycles. The Morgan fingerprint density at radius 3 is 2.61 bits per heavy atom. The average molecular weight is 321 g/mol. The summed E-state index contributed by atoms with van der Waals surface area (Å²) < 4.78 is 16.2. The van der Waals surface area contributed by atoms with Crippen molar-refractivity contribution < 1.29 is 19.0 Å². The lowest BCUT2D eigenvalue weighted by atomic mass is 10.1. The number of aliphatic hydroxyl groups excluding tert-OH is 1. The van der Waals surface area contributed by atoms with E-state index in [1.165, 1.54) is 13.2 Å². The molecule has 6 nitrogen and oxygen atoms in total. The minimum atomic E-state index is -0.704. The first-order chi connectivity index (χ1) is 10.8. The zero-order valence-corrected chi connectivity index (χ0v) is 13.9. The monoisotopic (exact) mass is 321 g/mol.